The summed E-state index contributed by atoms with van der Waals surface area (Å²) in [5, 5.41) is 1.94. The monoisotopic (exact) mass is 278 g/mol. The molecule has 0 atom stereocenters. The zero-order chi connectivity index (χ0) is 14.8. The van der Waals surface area contributed by atoms with Crippen LogP contribution in [-0.2, 0) is 6.42 Å². The number of pyridine rings is 2. The number of hydrogen-bond acceptors (Lipinski definition) is 4. The van der Waals surface area contributed by atoms with E-state index in [4.69, 9.17) is 11.5 Å². The van der Waals surface area contributed by atoms with Gasteiger partial charge in [0.05, 0.1) is 0 Å². The van der Waals surface area contributed by atoms with Crippen molar-refractivity contribution < 1.29 is 4.79 Å². The van der Waals surface area contributed by atoms with Crippen molar-refractivity contribution in [2.24, 2.45) is 5.73 Å². The van der Waals surface area contributed by atoms with Gasteiger partial charge in [-0.3, -0.25) is 9.78 Å². The molecule has 0 saturated carbocycles. The number of hydrogen-bond donors (Lipinski definition) is 2. The molecule has 0 fully saturated rings. The topological polar surface area (TPSA) is 94.9 Å². The van der Waals surface area contributed by atoms with E-state index in [1.807, 2.05) is 24.3 Å². The average molecular weight is 278 g/mol. The average Bonchev–Trinajstić information content (AvgIpc) is 2.48. The Morgan fingerprint density at radius 3 is 2.81 bits per heavy atom. The molecule has 2 heterocycles. The number of rotatable bonds is 3. The Bertz CT molecular complexity index is 829. The first-order valence-electron chi connectivity index (χ1n) is 6.51. The van der Waals surface area contributed by atoms with Crippen LogP contribution in [0.4, 0.5) is 5.82 Å². The number of benzene rings is 1. The Hall–Kier alpha value is -2.95. The van der Waals surface area contributed by atoms with Gasteiger partial charge in [0, 0.05) is 29.5 Å². The molecule has 1 amide bonds. The maximum absolute atomic E-state index is 11.4. The fourth-order valence-corrected chi connectivity index (χ4v) is 2.39. The predicted molar refractivity (Wildman–Crippen MR) is 81.7 cm³/mol. The van der Waals surface area contributed by atoms with E-state index in [0.29, 0.717) is 17.8 Å². The van der Waals surface area contributed by atoms with Crippen LogP contribution in [0, 0.1) is 0 Å². The molecule has 4 N–H and O–H groups in total. The lowest BCUT2D eigenvalue weighted by atomic mass is 9.99. The molecule has 0 aliphatic rings. The van der Waals surface area contributed by atoms with Crippen LogP contribution in [-0.4, -0.2) is 15.9 Å². The molecule has 0 spiro atoms. The van der Waals surface area contributed by atoms with Crippen LogP contribution in [0.5, 0.6) is 0 Å². The first kappa shape index (κ1) is 13.1. The lowest BCUT2D eigenvalue weighted by Crippen LogP contribution is -2.14. The van der Waals surface area contributed by atoms with Gasteiger partial charge in [-0.25, -0.2) is 4.98 Å². The van der Waals surface area contributed by atoms with Crippen LogP contribution in [0.25, 0.3) is 10.8 Å². The summed E-state index contributed by atoms with van der Waals surface area (Å²) in [4.78, 5) is 19.6. The first-order valence-corrected chi connectivity index (χ1v) is 6.51. The lowest BCUT2D eigenvalue weighted by Gasteiger charge is -2.08. The van der Waals surface area contributed by atoms with Crippen LogP contribution in [0.15, 0.2) is 48.9 Å². The highest BCUT2D eigenvalue weighted by Gasteiger charge is 2.09. The molecular weight excluding hydrogens is 264 g/mol. The van der Waals surface area contributed by atoms with Crippen molar-refractivity contribution in [1.82, 2.24) is 9.97 Å². The second-order valence-corrected chi connectivity index (χ2v) is 4.83. The third-order valence-corrected chi connectivity index (χ3v) is 3.42. The van der Waals surface area contributed by atoms with Crippen molar-refractivity contribution in [3.63, 3.8) is 0 Å². The second-order valence-electron chi connectivity index (χ2n) is 4.83. The molecular formula is C16H14N4O. The molecule has 3 rings (SSSR count). The number of aromatic nitrogens is 2. The number of nitrogens with zero attached hydrogens (tertiary/aromatic N) is 2. The minimum absolute atomic E-state index is 0.443. The molecule has 3 aromatic rings. The fourth-order valence-electron chi connectivity index (χ4n) is 2.39. The Morgan fingerprint density at radius 2 is 2.00 bits per heavy atom. The van der Waals surface area contributed by atoms with Crippen molar-refractivity contribution in [1.29, 1.82) is 0 Å². The molecule has 1 aromatic carbocycles. The molecule has 21 heavy (non-hydrogen) atoms. The van der Waals surface area contributed by atoms with Crippen molar-refractivity contribution in [2.75, 3.05) is 5.73 Å². The van der Waals surface area contributed by atoms with Crippen molar-refractivity contribution in [3.05, 3.63) is 65.6 Å². The quantitative estimate of drug-likeness (QED) is 0.765. The van der Waals surface area contributed by atoms with Crippen molar-refractivity contribution in [3.8, 4) is 0 Å². The summed E-state index contributed by atoms with van der Waals surface area (Å²) in [6.45, 7) is 0. The van der Waals surface area contributed by atoms with E-state index in [2.05, 4.69) is 9.97 Å². The zero-order valence-corrected chi connectivity index (χ0v) is 11.3. The normalized spacial score (nSPS) is 10.7. The van der Waals surface area contributed by atoms with E-state index < -0.39 is 5.91 Å². The number of primary amides is 1. The molecule has 104 valence electrons. The fraction of sp³-hybridized carbons (Fsp3) is 0.0625. The van der Waals surface area contributed by atoms with Gasteiger partial charge in [-0.1, -0.05) is 18.2 Å². The Balaban J connectivity index is 2.01. The van der Waals surface area contributed by atoms with E-state index >= 15 is 0 Å². The first-order chi connectivity index (χ1) is 10.1. The van der Waals surface area contributed by atoms with Gasteiger partial charge < -0.3 is 11.5 Å². The molecule has 2 aromatic heterocycles. The predicted octanol–water partition coefficient (Wildman–Crippen LogP) is 1.90. The molecule has 0 aliphatic heterocycles. The summed E-state index contributed by atoms with van der Waals surface area (Å²) < 4.78 is 0. The van der Waals surface area contributed by atoms with Crippen LogP contribution >= 0.6 is 0 Å². The van der Waals surface area contributed by atoms with E-state index in [1.54, 1.807) is 24.7 Å². The van der Waals surface area contributed by atoms with Crippen LogP contribution in [0.3, 0.4) is 0 Å². The van der Waals surface area contributed by atoms with Gasteiger partial charge in [0.2, 0.25) is 5.91 Å². The van der Waals surface area contributed by atoms with Crippen LogP contribution in [0.2, 0.25) is 0 Å². The van der Waals surface area contributed by atoms with Gasteiger partial charge in [-0.15, -0.1) is 0 Å². The zero-order valence-electron chi connectivity index (χ0n) is 11.3. The molecule has 5 heteroatoms. The number of amides is 1. The third-order valence-electron chi connectivity index (χ3n) is 3.42. The molecule has 0 radical (unpaired) electrons. The van der Waals surface area contributed by atoms with Crippen LogP contribution in [0.1, 0.15) is 21.5 Å². The summed E-state index contributed by atoms with van der Waals surface area (Å²) in [6.07, 6.45) is 5.51. The van der Waals surface area contributed by atoms with Gasteiger partial charge in [-0.05, 0) is 35.1 Å². The Labute approximate surface area is 121 Å². The maximum atomic E-state index is 11.4. The van der Waals surface area contributed by atoms with Gasteiger partial charge >= 0.3 is 0 Å². The minimum Gasteiger partial charge on any atom is -0.383 e. The largest absolute Gasteiger partial charge is 0.383 e. The Morgan fingerprint density at radius 1 is 1.14 bits per heavy atom. The lowest BCUT2D eigenvalue weighted by molar-refractivity contribution is 0.0999. The van der Waals surface area contributed by atoms with Gasteiger partial charge in [0.1, 0.15) is 5.82 Å². The number of anilines is 1. The maximum Gasteiger partial charge on any atom is 0.249 e. The standard InChI is InChI=1S/C16H14N4O/c17-15-13-2-1-10(7-11(13)3-6-20-15)8-12-9-19-5-4-14(12)16(18)21/h1-7,9H,8H2,(H2,17,20)(H2,18,21). The smallest absolute Gasteiger partial charge is 0.249 e. The summed E-state index contributed by atoms with van der Waals surface area (Å²) >= 11 is 0. The molecule has 0 bridgehead atoms. The van der Waals surface area contributed by atoms with E-state index in [-0.39, 0.29) is 0 Å². The van der Waals surface area contributed by atoms with Crippen LogP contribution < -0.4 is 11.5 Å². The number of fused-ring (bicyclic) bond motifs is 1. The van der Waals surface area contributed by atoms with Gasteiger partial charge in [-0.2, -0.15) is 0 Å². The highest BCUT2D eigenvalue weighted by atomic mass is 16.1. The summed E-state index contributed by atoms with van der Waals surface area (Å²) in [6, 6.07) is 9.49. The number of nitrogens with two attached hydrogens (primary N) is 2. The number of carbonyl (C=O) groups is 1. The summed E-state index contributed by atoms with van der Waals surface area (Å²) in [7, 11) is 0. The van der Waals surface area contributed by atoms with Crippen molar-refractivity contribution >= 4 is 22.5 Å². The van der Waals surface area contributed by atoms with Gasteiger partial charge in [0.15, 0.2) is 0 Å². The van der Waals surface area contributed by atoms with E-state index in [1.165, 1.54) is 0 Å². The highest BCUT2D eigenvalue weighted by molar-refractivity contribution is 5.94. The highest BCUT2D eigenvalue weighted by Crippen LogP contribution is 2.22. The minimum atomic E-state index is -0.443. The summed E-state index contributed by atoms with van der Waals surface area (Å²) in [5.41, 5.74) is 13.6. The molecule has 5 nitrogen and oxygen atoms in total. The second kappa shape index (κ2) is 5.20. The van der Waals surface area contributed by atoms with Crippen molar-refractivity contribution in [2.45, 2.75) is 6.42 Å². The molecule has 0 aliphatic carbocycles. The third kappa shape index (κ3) is 2.53. The number of carbonyl (C=O) groups excluding carboxylic acids is 1. The summed E-state index contributed by atoms with van der Waals surface area (Å²) in [5.74, 6) is 0.0693. The van der Waals surface area contributed by atoms with E-state index in [9.17, 15) is 4.79 Å². The number of nitrogen functional groups attached to an aromatic ring is 1. The molecule has 0 saturated heterocycles. The molecule has 0 unspecified atom stereocenters. The SMILES string of the molecule is NC(=O)c1ccncc1Cc1ccc2c(N)nccc2c1. The van der Waals surface area contributed by atoms with Gasteiger partial charge in [0.25, 0.3) is 0 Å². The Kier molecular flexibility index (Phi) is 3.23. The van der Waals surface area contributed by atoms with E-state index in [0.717, 1.165) is 21.9 Å².